The average Bonchev–Trinajstić information content (AvgIpc) is 2.88. The second-order valence-electron chi connectivity index (χ2n) is 3.98. The van der Waals surface area contributed by atoms with Crippen molar-refractivity contribution in [2.45, 2.75) is 11.3 Å². The molecule has 0 aliphatic carbocycles. The van der Waals surface area contributed by atoms with Gasteiger partial charge in [-0.2, -0.15) is 0 Å². The summed E-state index contributed by atoms with van der Waals surface area (Å²) in [5.41, 5.74) is 1.29. The van der Waals surface area contributed by atoms with Crippen LogP contribution in [0.1, 0.15) is 0 Å². The van der Waals surface area contributed by atoms with Crippen LogP contribution in [0.15, 0.2) is 33.9 Å². The number of benzene rings is 1. The van der Waals surface area contributed by atoms with Gasteiger partial charge in [0.25, 0.3) is 5.22 Å². The van der Waals surface area contributed by atoms with Gasteiger partial charge < -0.3 is 19.9 Å². The first-order valence-corrected chi connectivity index (χ1v) is 8.21. The van der Waals surface area contributed by atoms with Gasteiger partial charge in [-0.1, -0.05) is 22.9 Å². The molecular formula is C12H10N2O6S2. The molecule has 0 fully saturated rings. The van der Waals surface area contributed by atoms with E-state index in [2.05, 4.69) is 4.98 Å². The number of fused-ring (bicyclic) bond motifs is 1. The molecule has 0 aliphatic rings. The zero-order valence-corrected chi connectivity index (χ0v) is 12.5. The number of aromatic nitrogens is 1. The molecule has 0 radical (unpaired) electrons. The summed E-state index contributed by atoms with van der Waals surface area (Å²) in [5, 5.41) is 19.7. The van der Waals surface area contributed by atoms with Gasteiger partial charge in [0.05, 0.1) is 0 Å². The van der Waals surface area contributed by atoms with Crippen molar-refractivity contribution in [3.8, 4) is 0 Å². The lowest BCUT2D eigenvalue weighted by molar-refractivity contribution is -0.151. The third-order valence-electron chi connectivity index (χ3n) is 2.44. The van der Waals surface area contributed by atoms with Crippen molar-refractivity contribution < 1.29 is 29.0 Å². The molecule has 3 N–H and O–H groups in total. The normalized spacial score (nSPS) is 12.0. The predicted molar refractivity (Wildman–Crippen MR) is 79.5 cm³/mol. The van der Waals surface area contributed by atoms with Gasteiger partial charge in [-0.15, -0.1) is 0 Å². The van der Waals surface area contributed by atoms with E-state index in [1.165, 1.54) is 0 Å². The first kappa shape index (κ1) is 16.2. The number of para-hydroxylation sites is 2. The molecule has 1 atom stereocenters. The van der Waals surface area contributed by atoms with E-state index < -0.39 is 23.9 Å². The molecule has 10 heteroatoms. The standard InChI is InChI=1S/C12H10N2O6S2/c15-9(11(18)19)13-7(10(16)17)5-21-22-12-14-6-3-1-2-4-8(6)20-12/h1-4,7H,5H2,(H,13,15)(H,16,17)(H,18,19)/t7-/m0/s1. The number of carboxylic acid groups (broad SMARTS) is 2. The molecule has 2 rings (SSSR count). The molecule has 0 bridgehead atoms. The summed E-state index contributed by atoms with van der Waals surface area (Å²) in [4.78, 5) is 36.6. The Bertz CT molecular complexity index is 683. The summed E-state index contributed by atoms with van der Waals surface area (Å²) in [6.07, 6.45) is 0. The summed E-state index contributed by atoms with van der Waals surface area (Å²) in [6, 6.07) is 5.83. The number of nitrogens with zero attached hydrogens (tertiary/aromatic N) is 1. The summed E-state index contributed by atoms with van der Waals surface area (Å²) in [7, 11) is 2.19. The van der Waals surface area contributed by atoms with Crippen LogP contribution in [0, 0.1) is 0 Å². The molecule has 1 amide bonds. The van der Waals surface area contributed by atoms with E-state index in [0.29, 0.717) is 16.3 Å². The van der Waals surface area contributed by atoms with E-state index in [-0.39, 0.29) is 5.75 Å². The van der Waals surface area contributed by atoms with Gasteiger partial charge >= 0.3 is 17.8 Å². The summed E-state index contributed by atoms with van der Waals surface area (Å²) >= 11 is 0. The Labute approximate surface area is 131 Å². The van der Waals surface area contributed by atoms with Crippen LogP contribution in [0.25, 0.3) is 11.1 Å². The van der Waals surface area contributed by atoms with E-state index in [4.69, 9.17) is 14.6 Å². The fraction of sp³-hybridized carbons (Fsp3) is 0.167. The molecule has 1 aromatic carbocycles. The minimum atomic E-state index is -1.73. The second kappa shape index (κ2) is 7.18. The first-order valence-electron chi connectivity index (χ1n) is 5.89. The molecule has 1 heterocycles. The van der Waals surface area contributed by atoms with Crippen molar-refractivity contribution in [2.24, 2.45) is 0 Å². The molecule has 0 aliphatic heterocycles. The molecule has 1 aromatic heterocycles. The predicted octanol–water partition coefficient (Wildman–Crippen LogP) is 1.22. The van der Waals surface area contributed by atoms with Gasteiger partial charge in [-0.3, -0.25) is 4.79 Å². The Hall–Kier alpha value is -2.20. The Kier molecular flexibility index (Phi) is 5.28. The molecule has 0 spiro atoms. The van der Waals surface area contributed by atoms with E-state index in [1.54, 1.807) is 18.2 Å². The number of aliphatic carboxylic acids is 2. The lowest BCUT2D eigenvalue weighted by Crippen LogP contribution is -2.45. The van der Waals surface area contributed by atoms with Crippen LogP contribution in [0.4, 0.5) is 0 Å². The highest BCUT2D eigenvalue weighted by atomic mass is 33.1. The summed E-state index contributed by atoms with van der Waals surface area (Å²) in [5.74, 6) is -4.46. The Morgan fingerprint density at radius 2 is 2.00 bits per heavy atom. The maximum absolute atomic E-state index is 11.0. The van der Waals surface area contributed by atoms with Crippen LogP contribution in [-0.2, 0) is 14.4 Å². The van der Waals surface area contributed by atoms with Gasteiger partial charge in [-0.05, 0) is 12.1 Å². The topological polar surface area (TPSA) is 130 Å². The smallest absolute Gasteiger partial charge is 0.394 e. The zero-order chi connectivity index (χ0) is 16.1. The first-order chi connectivity index (χ1) is 10.5. The summed E-state index contributed by atoms with van der Waals surface area (Å²) in [6.45, 7) is 0. The lowest BCUT2D eigenvalue weighted by Gasteiger charge is -2.11. The van der Waals surface area contributed by atoms with Crippen molar-refractivity contribution in [1.29, 1.82) is 0 Å². The van der Waals surface area contributed by atoms with Gasteiger partial charge in [0, 0.05) is 16.5 Å². The highest BCUT2D eigenvalue weighted by Crippen LogP contribution is 2.32. The minimum absolute atomic E-state index is 0.0439. The molecule has 116 valence electrons. The van der Waals surface area contributed by atoms with Gasteiger partial charge in [0.1, 0.15) is 11.6 Å². The SMILES string of the molecule is O=C(O)C(=O)N[C@@H](CSSc1nc2ccccc2o1)C(=O)O. The average molecular weight is 342 g/mol. The van der Waals surface area contributed by atoms with Crippen LogP contribution in [0.2, 0.25) is 0 Å². The third kappa shape index (κ3) is 4.15. The van der Waals surface area contributed by atoms with Crippen molar-refractivity contribution in [3.05, 3.63) is 24.3 Å². The van der Waals surface area contributed by atoms with Crippen LogP contribution in [-0.4, -0.2) is 44.8 Å². The Balaban J connectivity index is 1.91. The Morgan fingerprint density at radius 3 is 2.64 bits per heavy atom. The largest absolute Gasteiger partial charge is 0.480 e. The molecule has 0 unspecified atom stereocenters. The number of nitrogens with one attached hydrogen (secondary N) is 1. The van der Waals surface area contributed by atoms with Crippen molar-refractivity contribution in [1.82, 2.24) is 10.3 Å². The fourth-order valence-corrected chi connectivity index (χ4v) is 3.35. The highest BCUT2D eigenvalue weighted by Gasteiger charge is 2.23. The van der Waals surface area contributed by atoms with E-state index >= 15 is 0 Å². The van der Waals surface area contributed by atoms with Crippen molar-refractivity contribution in [3.63, 3.8) is 0 Å². The van der Waals surface area contributed by atoms with Crippen LogP contribution in [0.3, 0.4) is 0 Å². The van der Waals surface area contributed by atoms with Gasteiger partial charge in [0.15, 0.2) is 5.58 Å². The second-order valence-corrected chi connectivity index (χ2v) is 6.28. The van der Waals surface area contributed by atoms with E-state index in [9.17, 15) is 14.4 Å². The number of rotatable bonds is 6. The fourth-order valence-electron chi connectivity index (χ4n) is 1.43. The molecule has 2 aromatic rings. The highest BCUT2D eigenvalue weighted by molar-refractivity contribution is 8.76. The van der Waals surface area contributed by atoms with E-state index in [0.717, 1.165) is 21.6 Å². The van der Waals surface area contributed by atoms with Crippen LogP contribution >= 0.6 is 21.6 Å². The van der Waals surface area contributed by atoms with E-state index in [1.807, 2.05) is 11.4 Å². The maximum Gasteiger partial charge on any atom is 0.394 e. The Morgan fingerprint density at radius 1 is 1.27 bits per heavy atom. The number of hydrogen-bond donors (Lipinski definition) is 3. The minimum Gasteiger partial charge on any atom is -0.480 e. The van der Waals surface area contributed by atoms with Gasteiger partial charge in [-0.25, -0.2) is 14.6 Å². The molecular weight excluding hydrogens is 332 g/mol. The molecule has 8 nitrogen and oxygen atoms in total. The maximum atomic E-state index is 11.0. The molecule has 0 saturated heterocycles. The number of carboxylic acids is 2. The van der Waals surface area contributed by atoms with Crippen molar-refractivity contribution >= 4 is 50.5 Å². The number of hydrogen-bond acceptors (Lipinski definition) is 7. The number of carbonyl (C=O) groups excluding carboxylic acids is 1. The number of amides is 1. The number of oxazole rings is 1. The molecule has 0 saturated carbocycles. The van der Waals surface area contributed by atoms with Crippen LogP contribution < -0.4 is 5.32 Å². The number of carbonyl (C=O) groups is 3. The lowest BCUT2D eigenvalue weighted by atomic mass is 10.3. The van der Waals surface area contributed by atoms with Crippen molar-refractivity contribution in [2.75, 3.05) is 5.75 Å². The third-order valence-corrected chi connectivity index (χ3v) is 4.53. The monoisotopic (exact) mass is 342 g/mol. The van der Waals surface area contributed by atoms with Crippen LogP contribution in [0.5, 0.6) is 0 Å². The van der Waals surface area contributed by atoms with Gasteiger partial charge in [0.2, 0.25) is 0 Å². The zero-order valence-electron chi connectivity index (χ0n) is 10.9. The quantitative estimate of drug-likeness (QED) is 0.524. The molecule has 22 heavy (non-hydrogen) atoms. The summed E-state index contributed by atoms with van der Waals surface area (Å²) < 4.78 is 5.43.